The highest BCUT2D eigenvalue weighted by atomic mass is 35.5. The van der Waals surface area contributed by atoms with Crippen molar-refractivity contribution in [1.29, 1.82) is 0 Å². The number of oxime groups is 1. The van der Waals surface area contributed by atoms with Gasteiger partial charge in [0.2, 0.25) is 0 Å². The third-order valence-electron chi connectivity index (χ3n) is 2.70. The monoisotopic (exact) mass is 324 g/mol. The maximum Gasteiger partial charge on any atom is 0.358 e. The number of hydrogen-bond donors (Lipinski definition) is 1. The van der Waals surface area contributed by atoms with Crippen molar-refractivity contribution in [1.82, 2.24) is 4.98 Å². The molecule has 0 saturated heterocycles. The number of carbonyl (C=O) groups is 1. The first-order valence-electron chi connectivity index (χ1n) is 5.79. The number of halogens is 2. The van der Waals surface area contributed by atoms with Crippen molar-refractivity contribution in [3.63, 3.8) is 0 Å². The zero-order chi connectivity index (χ0) is 15.4. The number of esters is 1. The SMILES string of the molecule is COC(=O)c1nc(-c2ccc(C=NO)cc2Cl)ccc1Cl. The van der Waals surface area contributed by atoms with Crippen molar-refractivity contribution < 1.29 is 14.7 Å². The lowest BCUT2D eigenvalue weighted by molar-refractivity contribution is 0.0594. The van der Waals surface area contributed by atoms with Crippen LogP contribution in [-0.2, 0) is 4.74 Å². The van der Waals surface area contributed by atoms with Gasteiger partial charge in [0, 0.05) is 5.56 Å². The molecular weight excluding hydrogens is 315 g/mol. The predicted molar refractivity (Wildman–Crippen MR) is 80.4 cm³/mol. The Morgan fingerprint density at radius 3 is 2.67 bits per heavy atom. The number of aromatic nitrogens is 1. The maximum atomic E-state index is 11.6. The van der Waals surface area contributed by atoms with Crippen LogP contribution >= 0.6 is 23.2 Å². The standard InChI is InChI=1S/C14H10Cl2N2O3/c1-21-14(19)13-10(15)4-5-12(18-13)9-3-2-8(7-17-20)6-11(9)16/h2-7,20H,1H3. The molecule has 0 saturated carbocycles. The molecule has 0 radical (unpaired) electrons. The van der Waals surface area contributed by atoms with Gasteiger partial charge in [0.1, 0.15) is 0 Å². The lowest BCUT2D eigenvalue weighted by Crippen LogP contribution is -2.06. The summed E-state index contributed by atoms with van der Waals surface area (Å²) in [6.07, 6.45) is 1.25. The van der Waals surface area contributed by atoms with Gasteiger partial charge in [0.15, 0.2) is 5.69 Å². The van der Waals surface area contributed by atoms with E-state index < -0.39 is 5.97 Å². The van der Waals surface area contributed by atoms with Gasteiger partial charge in [-0.25, -0.2) is 9.78 Å². The van der Waals surface area contributed by atoms with Crippen molar-refractivity contribution in [2.45, 2.75) is 0 Å². The highest BCUT2D eigenvalue weighted by Gasteiger charge is 2.15. The molecule has 0 fully saturated rings. The van der Waals surface area contributed by atoms with E-state index >= 15 is 0 Å². The maximum absolute atomic E-state index is 11.6. The van der Waals surface area contributed by atoms with E-state index in [0.29, 0.717) is 21.8 Å². The zero-order valence-corrected chi connectivity index (χ0v) is 12.4. The van der Waals surface area contributed by atoms with E-state index in [2.05, 4.69) is 14.9 Å². The molecule has 0 spiro atoms. The quantitative estimate of drug-likeness (QED) is 0.405. The zero-order valence-electron chi connectivity index (χ0n) is 10.9. The number of pyridine rings is 1. The molecule has 21 heavy (non-hydrogen) atoms. The third kappa shape index (κ3) is 3.32. The van der Waals surface area contributed by atoms with Crippen LogP contribution in [0.1, 0.15) is 16.1 Å². The summed E-state index contributed by atoms with van der Waals surface area (Å²) in [5.41, 5.74) is 1.76. The summed E-state index contributed by atoms with van der Waals surface area (Å²) < 4.78 is 4.63. The molecule has 0 aliphatic rings. The number of benzene rings is 1. The first kappa shape index (κ1) is 15.3. The second-order valence-electron chi connectivity index (χ2n) is 4.00. The Hall–Kier alpha value is -2.11. The van der Waals surface area contributed by atoms with Gasteiger partial charge in [-0.15, -0.1) is 0 Å². The summed E-state index contributed by atoms with van der Waals surface area (Å²) in [5.74, 6) is -0.623. The molecule has 1 N–H and O–H groups in total. The average molecular weight is 325 g/mol. The minimum absolute atomic E-state index is 0.0220. The minimum atomic E-state index is -0.623. The summed E-state index contributed by atoms with van der Waals surface area (Å²) in [6, 6.07) is 8.22. The topological polar surface area (TPSA) is 71.8 Å². The largest absolute Gasteiger partial charge is 0.464 e. The first-order chi connectivity index (χ1) is 10.1. The van der Waals surface area contributed by atoms with E-state index in [-0.39, 0.29) is 10.7 Å². The molecule has 0 atom stereocenters. The number of rotatable bonds is 3. The van der Waals surface area contributed by atoms with Gasteiger partial charge in [-0.05, 0) is 23.8 Å². The van der Waals surface area contributed by atoms with Crippen LogP contribution in [0, 0.1) is 0 Å². The average Bonchev–Trinajstić information content (AvgIpc) is 2.48. The molecule has 0 aliphatic heterocycles. The number of hydrogen-bond acceptors (Lipinski definition) is 5. The van der Waals surface area contributed by atoms with Gasteiger partial charge < -0.3 is 9.94 Å². The van der Waals surface area contributed by atoms with Gasteiger partial charge in [-0.1, -0.05) is 40.5 Å². The van der Waals surface area contributed by atoms with Crippen molar-refractivity contribution in [2.75, 3.05) is 7.11 Å². The molecule has 0 amide bonds. The molecule has 5 nitrogen and oxygen atoms in total. The fourth-order valence-electron chi connectivity index (χ4n) is 1.72. The summed E-state index contributed by atoms with van der Waals surface area (Å²) in [4.78, 5) is 15.8. The lowest BCUT2D eigenvalue weighted by atomic mass is 10.1. The molecule has 1 aromatic heterocycles. The fourth-order valence-corrected chi connectivity index (χ4v) is 2.19. The van der Waals surface area contributed by atoms with Crippen molar-refractivity contribution in [3.8, 4) is 11.3 Å². The number of ether oxygens (including phenoxy) is 1. The van der Waals surface area contributed by atoms with Crippen LogP contribution in [0.5, 0.6) is 0 Å². The highest BCUT2D eigenvalue weighted by molar-refractivity contribution is 6.34. The Kier molecular flexibility index (Phi) is 4.77. The van der Waals surface area contributed by atoms with Gasteiger partial charge in [0.05, 0.1) is 29.1 Å². The van der Waals surface area contributed by atoms with E-state index in [1.165, 1.54) is 13.3 Å². The summed E-state index contributed by atoms with van der Waals surface area (Å²) in [5, 5.41) is 12.0. The van der Waals surface area contributed by atoms with Crippen LogP contribution in [0.3, 0.4) is 0 Å². The second kappa shape index (κ2) is 6.56. The predicted octanol–water partition coefficient (Wildman–Crippen LogP) is 3.65. The van der Waals surface area contributed by atoms with E-state index in [4.69, 9.17) is 28.4 Å². The Morgan fingerprint density at radius 2 is 2.05 bits per heavy atom. The lowest BCUT2D eigenvalue weighted by Gasteiger charge is -2.07. The molecule has 108 valence electrons. The van der Waals surface area contributed by atoms with Gasteiger partial charge in [-0.3, -0.25) is 0 Å². The Bertz CT molecular complexity index is 717. The van der Waals surface area contributed by atoms with E-state index in [1.54, 1.807) is 30.3 Å². The first-order valence-corrected chi connectivity index (χ1v) is 6.54. The van der Waals surface area contributed by atoms with E-state index in [0.717, 1.165) is 0 Å². The third-order valence-corrected chi connectivity index (χ3v) is 3.32. The minimum Gasteiger partial charge on any atom is -0.464 e. The molecule has 0 bridgehead atoms. The van der Waals surface area contributed by atoms with Gasteiger partial charge >= 0.3 is 5.97 Å². The van der Waals surface area contributed by atoms with Gasteiger partial charge in [0.25, 0.3) is 0 Å². The number of carbonyl (C=O) groups excluding carboxylic acids is 1. The highest BCUT2D eigenvalue weighted by Crippen LogP contribution is 2.29. The van der Waals surface area contributed by atoms with Crippen molar-refractivity contribution >= 4 is 35.4 Å². The van der Waals surface area contributed by atoms with Gasteiger partial charge in [-0.2, -0.15) is 0 Å². The van der Waals surface area contributed by atoms with Crippen LogP contribution < -0.4 is 0 Å². The van der Waals surface area contributed by atoms with E-state index in [1.807, 2.05) is 0 Å². The second-order valence-corrected chi connectivity index (χ2v) is 4.82. The van der Waals surface area contributed by atoms with Crippen LogP contribution in [0.25, 0.3) is 11.3 Å². The number of nitrogens with zero attached hydrogens (tertiary/aromatic N) is 2. The summed E-state index contributed by atoms with van der Waals surface area (Å²) >= 11 is 12.1. The van der Waals surface area contributed by atoms with Crippen LogP contribution in [0.4, 0.5) is 0 Å². The molecule has 0 unspecified atom stereocenters. The van der Waals surface area contributed by atoms with E-state index in [9.17, 15) is 4.79 Å². The molecule has 7 heteroatoms. The number of methoxy groups -OCH3 is 1. The van der Waals surface area contributed by atoms with Crippen LogP contribution in [-0.4, -0.2) is 29.5 Å². The Balaban J connectivity index is 2.49. The molecule has 0 aliphatic carbocycles. The fraction of sp³-hybridized carbons (Fsp3) is 0.0714. The molecular formula is C14H10Cl2N2O3. The summed E-state index contributed by atoms with van der Waals surface area (Å²) in [6.45, 7) is 0. The molecule has 1 heterocycles. The Labute approximate surface area is 130 Å². The van der Waals surface area contributed by atoms with Crippen molar-refractivity contribution in [3.05, 3.63) is 51.6 Å². The van der Waals surface area contributed by atoms with Crippen LogP contribution in [0.15, 0.2) is 35.5 Å². The smallest absolute Gasteiger partial charge is 0.358 e. The molecule has 2 aromatic rings. The molecule has 1 aromatic carbocycles. The Morgan fingerprint density at radius 1 is 1.29 bits per heavy atom. The van der Waals surface area contributed by atoms with Crippen LogP contribution in [0.2, 0.25) is 10.0 Å². The van der Waals surface area contributed by atoms with Crippen molar-refractivity contribution in [2.24, 2.45) is 5.16 Å². The molecule has 2 rings (SSSR count). The summed E-state index contributed by atoms with van der Waals surface area (Å²) in [7, 11) is 1.25. The normalized spacial score (nSPS) is 10.8.